The molecule has 0 amide bonds. The van der Waals surface area contributed by atoms with E-state index in [1.54, 1.807) is 42.8 Å². The van der Waals surface area contributed by atoms with Crippen LogP contribution in [0.25, 0.3) is 11.0 Å². The van der Waals surface area contributed by atoms with E-state index >= 15 is 0 Å². The SMILES string of the molecule is C/C(=N\c1nccs1)c1c(O)c2ccccc2oc1=O. The first-order valence-electron chi connectivity index (χ1n) is 5.87. The second-order valence-corrected chi connectivity index (χ2v) is 4.99. The van der Waals surface area contributed by atoms with Gasteiger partial charge in [0, 0.05) is 11.6 Å². The molecule has 5 nitrogen and oxygen atoms in total. The Morgan fingerprint density at radius 1 is 1.40 bits per heavy atom. The van der Waals surface area contributed by atoms with Crippen LogP contribution in [-0.2, 0) is 0 Å². The van der Waals surface area contributed by atoms with Gasteiger partial charge in [-0.05, 0) is 19.1 Å². The predicted octanol–water partition coefficient (Wildman–Crippen LogP) is 3.10. The number of aromatic hydroxyl groups is 1. The van der Waals surface area contributed by atoms with E-state index in [1.165, 1.54) is 11.3 Å². The van der Waals surface area contributed by atoms with Crippen molar-refractivity contribution in [3.8, 4) is 5.75 Å². The summed E-state index contributed by atoms with van der Waals surface area (Å²) in [4.78, 5) is 20.2. The quantitative estimate of drug-likeness (QED) is 0.580. The third-order valence-electron chi connectivity index (χ3n) is 2.83. The lowest BCUT2D eigenvalue weighted by molar-refractivity contribution is 0.466. The Balaban J connectivity index is 2.24. The van der Waals surface area contributed by atoms with Gasteiger partial charge < -0.3 is 9.52 Å². The number of rotatable bonds is 2. The second-order valence-electron chi connectivity index (χ2n) is 4.12. The average molecular weight is 286 g/mol. The first-order valence-corrected chi connectivity index (χ1v) is 6.75. The third kappa shape index (κ3) is 2.10. The number of hydrogen-bond donors (Lipinski definition) is 1. The highest BCUT2D eigenvalue weighted by Crippen LogP contribution is 2.27. The van der Waals surface area contributed by atoms with Crippen LogP contribution in [0.2, 0.25) is 0 Å². The largest absolute Gasteiger partial charge is 0.506 e. The fourth-order valence-electron chi connectivity index (χ4n) is 1.92. The lowest BCUT2D eigenvalue weighted by Crippen LogP contribution is -2.12. The van der Waals surface area contributed by atoms with Gasteiger partial charge in [0.2, 0.25) is 5.13 Å². The Morgan fingerprint density at radius 2 is 2.20 bits per heavy atom. The first kappa shape index (κ1) is 12.6. The summed E-state index contributed by atoms with van der Waals surface area (Å²) in [5.74, 6) is -0.116. The van der Waals surface area contributed by atoms with E-state index in [2.05, 4.69) is 9.98 Å². The zero-order valence-corrected chi connectivity index (χ0v) is 11.3. The van der Waals surface area contributed by atoms with Crippen LogP contribution in [0.1, 0.15) is 12.5 Å². The number of aliphatic imine (C=N–C) groups is 1. The van der Waals surface area contributed by atoms with E-state index in [1.807, 2.05) is 0 Å². The molecular formula is C14H10N2O3S. The Labute approximate surface area is 117 Å². The molecule has 0 atom stereocenters. The number of hydrogen-bond acceptors (Lipinski definition) is 6. The van der Waals surface area contributed by atoms with Crippen molar-refractivity contribution >= 4 is 33.1 Å². The number of nitrogens with zero attached hydrogens (tertiary/aromatic N) is 2. The molecule has 6 heteroatoms. The zero-order chi connectivity index (χ0) is 14.1. The Morgan fingerprint density at radius 3 is 2.95 bits per heavy atom. The highest BCUT2D eigenvalue weighted by molar-refractivity contribution is 7.13. The van der Waals surface area contributed by atoms with Crippen LogP contribution in [0.5, 0.6) is 5.75 Å². The van der Waals surface area contributed by atoms with Crippen molar-refractivity contribution < 1.29 is 9.52 Å². The Hall–Kier alpha value is -2.47. The molecule has 0 radical (unpaired) electrons. The van der Waals surface area contributed by atoms with Gasteiger partial charge in [0.1, 0.15) is 16.9 Å². The van der Waals surface area contributed by atoms with E-state index in [4.69, 9.17) is 4.42 Å². The summed E-state index contributed by atoms with van der Waals surface area (Å²) in [5.41, 5.74) is 0.177. The van der Waals surface area contributed by atoms with Crippen LogP contribution < -0.4 is 5.63 Å². The minimum Gasteiger partial charge on any atom is -0.506 e. The molecule has 1 aromatic carbocycles. The highest BCUT2D eigenvalue weighted by atomic mass is 32.1. The van der Waals surface area contributed by atoms with Crippen molar-refractivity contribution in [1.29, 1.82) is 0 Å². The molecule has 0 fully saturated rings. The van der Waals surface area contributed by atoms with Gasteiger partial charge in [-0.25, -0.2) is 14.8 Å². The minimum atomic E-state index is -0.612. The van der Waals surface area contributed by atoms with E-state index in [9.17, 15) is 9.90 Å². The van der Waals surface area contributed by atoms with Crippen molar-refractivity contribution in [3.63, 3.8) is 0 Å². The number of para-hydroxylation sites is 1. The van der Waals surface area contributed by atoms with Crippen LogP contribution in [0.15, 0.2) is 50.0 Å². The molecule has 20 heavy (non-hydrogen) atoms. The predicted molar refractivity (Wildman–Crippen MR) is 78.1 cm³/mol. The summed E-state index contributed by atoms with van der Waals surface area (Å²) < 4.78 is 5.20. The molecule has 0 saturated heterocycles. The molecule has 3 rings (SSSR count). The third-order valence-corrected chi connectivity index (χ3v) is 3.50. The topological polar surface area (TPSA) is 75.7 Å². The van der Waals surface area contributed by atoms with Crippen LogP contribution in [0, 0.1) is 0 Å². The first-order chi connectivity index (χ1) is 9.66. The number of aromatic nitrogens is 1. The molecule has 3 aromatic rings. The molecule has 1 N–H and O–H groups in total. The molecular weight excluding hydrogens is 276 g/mol. The average Bonchev–Trinajstić information content (AvgIpc) is 2.91. The van der Waals surface area contributed by atoms with E-state index in [0.717, 1.165) is 0 Å². The number of benzene rings is 1. The maximum atomic E-state index is 12.0. The lowest BCUT2D eigenvalue weighted by atomic mass is 10.1. The number of fused-ring (bicyclic) bond motifs is 1. The zero-order valence-electron chi connectivity index (χ0n) is 10.5. The summed E-state index contributed by atoms with van der Waals surface area (Å²) in [6.45, 7) is 1.64. The minimum absolute atomic E-state index is 0.0684. The van der Waals surface area contributed by atoms with Crippen molar-refractivity contribution in [2.75, 3.05) is 0 Å². The van der Waals surface area contributed by atoms with E-state index in [-0.39, 0.29) is 11.3 Å². The number of thiazole rings is 1. The molecule has 0 aliphatic heterocycles. The van der Waals surface area contributed by atoms with Gasteiger partial charge in [-0.2, -0.15) is 0 Å². The van der Waals surface area contributed by atoms with Crippen molar-refractivity contribution in [2.45, 2.75) is 6.92 Å². The van der Waals surface area contributed by atoms with Crippen molar-refractivity contribution in [2.24, 2.45) is 4.99 Å². The lowest BCUT2D eigenvalue weighted by Gasteiger charge is -2.05. The van der Waals surface area contributed by atoms with Gasteiger partial charge in [0.15, 0.2) is 0 Å². The molecule has 2 heterocycles. The molecule has 0 unspecified atom stereocenters. The molecule has 0 bridgehead atoms. The van der Waals surface area contributed by atoms with Crippen LogP contribution in [0.4, 0.5) is 5.13 Å². The van der Waals surface area contributed by atoms with Gasteiger partial charge in [-0.3, -0.25) is 0 Å². The van der Waals surface area contributed by atoms with Gasteiger partial charge in [0.25, 0.3) is 0 Å². The summed E-state index contributed by atoms with van der Waals surface area (Å²) >= 11 is 1.35. The summed E-state index contributed by atoms with van der Waals surface area (Å²) in [5, 5.41) is 13.1. The van der Waals surface area contributed by atoms with Crippen LogP contribution >= 0.6 is 11.3 Å². The monoisotopic (exact) mass is 286 g/mol. The van der Waals surface area contributed by atoms with Gasteiger partial charge in [0.05, 0.1) is 11.1 Å². The smallest absolute Gasteiger partial charge is 0.349 e. The highest BCUT2D eigenvalue weighted by Gasteiger charge is 2.16. The van der Waals surface area contributed by atoms with E-state index < -0.39 is 5.63 Å². The molecule has 0 aliphatic rings. The Kier molecular flexibility index (Phi) is 3.08. The van der Waals surface area contributed by atoms with Gasteiger partial charge >= 0.3 is 5.63 Å². The molecule has 0 aliphatic carbocycles. The molecule has 100 valence electrons. The summed E-state index contributed by atoms with van der Waals surface area (Å²) in [6, 6.07) is 6.82. The van der Waals surface area contributed by atoms with Crippen molar-refractivity contribution in [3.05, 3.63) is 51.8 Å². The molecule has 2 aromatic heterocycles. The summed E-state index contributed by atoms with van der Waals surface area (Å²) in [6.07, 6.45) is 1.62. The van der Waals surface area contributed by atoms with Gasteiger partial charge in [-0.15, -0.1) is 11.3 Å². The van der Waals surface area contributed by atoms with Crippen LogP contribution in [0.3, 0.4) is 0 Å². The maximum Gasteiger partial charge on any atom is 0.349 e. The second kappa shape index (κ2) is 4.90. The maximum absolute atomic E-state index is 12.0. The summed E-state index contributed by atoms with van der Waals surface area (Å²) in [7, 11) is 0. The van der Waals surface area contributed by atoms with E-state index in [0.29, 0.717) is 21.8 Å². The fourth-order valence-corrected chi connectivity index (χ4v) is 2.48. The molecule has 0 spiro atoms. The molecule has 0 saturated carbocycles. The van der Waals surface area contributed by atoms with Crippen LogP contribution in [-0.4, -0.2) is 15.8 Å². The fraction of sp³-hybridized carbons (Fsp3) is 0.0714. The van der Waals surface area contributed by atoms with Crippen molar-refractivity contribution in [1.82, 2.24) is 4.98 Å². The normalized spacial score (nSPS) is 11.9. The standard InChI is InChI=1S/C14H10N2O3S/c1-8(16-14-15-6-7-20-14)11-12(17)9-4-2-3-5-10(9)19-13(11)18/h2-7,17H,1H3/b16-8+. The Bertz CT molecular complexity index is 850. The van der Waals surface area contributed by atoms with Gasteiger partial charge in [-0.1, -0.05) is 12.1 Å².